The standard InChI is InChI=1S/C19H23NO3S/c1-13-11-18(9-10-19(13)23-3)24(21,22)20-14(2)16-8-7-15-5-4-6-17(15)12-16/h7-12,14,20H,4-6H2,1-3H3. The molecule has 0 aliphatic heterocycles. The summed E-state index contributed by atoms with van der Waals surface area (Å²) in [5.41, 5.74) is 4.54. The van der Waals surface area contributed by atoms with Crippen LogP contribution in [-0.4, -0.2) is 15.5 Å². The Morgan fingerprint density at radius 2 is 1.83 bits per heavy atom. The molecule has 2 aromatic rings. The Hall–Kier alpha value is -1.85. The number of fused-ring (bicyclic) bond motifs is 1. The Kier molecular flexibility index (Phi) is 4.65. The molecule has 4 nitrogen and oxygen atoms in total. The average Bonchev–Trinajstić information content (AvgIpc) is 3.01. The minimum Gasteiger partial charge on any atom is -0.496 e. The summed E-state index contributed by atoms with van der Waals surface area (Å²) in [6, 6.07) is 10.9. The van der Waals surface area contributed by atoms with Crippen molar-refractivity contribution in [3.63, 3.8) is 0 Å². The first-order chi connectivity index (χ1) is 11.4. The summed E-state index contributed by atoms with van der Waals surface area (Å²) in [4.78, 5) is 0.258. The molecule has 1 unspecified atom stereocenters. The van der Waals surface area contributed by atoms with Crippen LogP contribution in [0.5, 0.6) is 5.75 Å². The summed E-state index contributed by atoms with van der Waals surface area (Å²) in [6.45, 7) is 3.71. The van der Waals surface area contributed by atoms with Gasteiger partial charge in [-0.3, -0.25) is 0 Å². The third-order valence-corrected chi connectivity index (χ3v) is 6.17. The molecule has 1 N–H and O–H groups in total. The number of nitrogens with one attached hydrogen (secondary N) is 1. The average molecular weight is 345 g/mol. The highest BCUT2D eigenvalue weighted by molar-refractivity contribution is 7.89. The van der Waals surface area contributed by atoms with Gasteiger partial charge in [0.2, 0.25) is 10.0 Å². The molecule has 0 bridgehead atoms. The van der Waals surface area contributed by atoms with E-state index >= 15 is 0 Å². The van der Waals surface area contributed by atoms with Crippen LogP contribution in [0.2, 0.25) is 0 Å². The van der Waals surface area contributed by atoms with Crippen LogP contribution >= 0.6 is 0 Å². The smallest absolute Gasteiger partial charge is 0.241 e. The zero-order valence-corrected chi connectivity index (χ0v) is 15.1. The second-order valence-corrected chi connectivity index (χ2v) is 8.07. The maximum Gasteiger partial charge on any atom is 0.241 e. The normalized spacial score (nSPS) is 15.1. The Morgan fingerprint density at radius 3 is 2.54 bits per heavy atom. The van der Waals surface area contributed by atoms with Crippen LogP contribution in [0.4, 0.5) is 0 Å². The van der Waals surface area contributed by atoms with Crippen LogP contribution in [0.25, 0.3) is 0 Å². The van der Waals surface area contributed by atoms with Crippen molar-refractivity contribution in [1.29, 1.82) is 0 Å². The van der Waals surface area contributed by atoms with E-state index in [0.29, 0.717) is 5.75 Å². The minimum atomic E-state index is -3.57. The molecule has 0 fully saturated rings. The number of aryl methyl sites for hydroxylation is 3. The van der Waals surface area contributed by atoms with Gasteiger partial charge in [0.05, 0.1) is 12.0 Å². The molecule has 24 heavy (non-hydrogen) atoms. The summed E-state index contributed by atoms with van der Waals surface area (Å²) in [7, 11) is -2.00. The van der Waals surface area contributed by atoms with Crippen molar-refractivity contribution >= 4 is 10.0 Å². The molecule has 1 aliphatic carbocycles. The molecule has 0 saturated carbocycles. The van der Waals surface area contributed by atoms with Crippen LogP contribution in [0.1, 0.15) is 41.6 Å². The highest BCUT2D eigenvalue weighted by Crippen LogP contribution is 2.27. The fourth-order valence-electron chi connectivity index (χ4n) is 3.25. The van der Waals surface area contributed by atoms with Crippen molar-refractivity contribution in [2.75, 3.05) is 7.11 Å². The van der Waals surface area contributed by atoms with Crippen LogP contribution in [0.3, 0.4) is 0 Å². The number of hydrogen-bond donors (Lipinski definition) is 1. The molecule has 1 atom stereocenters. The second-order valence-electron chi connectivity index (χ2n) is 6.36. The summed E-state index contributed by atoms with van der Waals surface area (Å²) < 4.78 is 33.3. The molecule has 0 saturated heterocycles. The molecule has 0 radical (unpaired) electrons. The second kappa shape index (κ2) is 6.57. The van der Waals surface area contributed by atoms with E-state index in [2.05, 4.69) is 16.9 Å². The molecule has 0 spiro atoms. The summed E-state index contributed by atoms with van der Waals surface area (Å²) in [6.07, 6.45) is 3.39. The van der Waals surface area contributed by atoms with Crippen LogP contribution in [0, 0.1) is 6.92 Å². The monoisotopic (exact) mass is 345 g/mol. The van der Waals surface area contributed by atoms with E-state index in [4.69, 9.17) is 4.74 Å². The number of hydrogen-bond acceptors (Lipinski definition) is 3. The van der Waals surface area contributed by atoms with E-state index in [1.165, 1.54) is 17.5 Å². The molecular formula is C19H23NO3S. The van der Waals surface area contributed by atoms with Gasteiger partial charge >= 0.3 is 0 Å². The van der Waals surface area contributed by atoms with Gasteiger partial charge in [-0.1, -0.05) is 18.2 Å². The van der Waals surface area contributed by atoms with Crippen molar-refractivity contribution < 1.29 is 13.2 Å². The third-order valence-electron chi connectivity index (χ3n) is 4.63. The van der Waals surface area contributed by atoms with Crippen LogP contribution < -0.4 is 9.46 Å². The topological polar surface area (TPSA) is 55.4 Å². The maximum absolute atomic E-state index is 12.6. The van der Waals surface area contributed by atoms with Crippen molar-refractivity contribution in [2.45, 2.75) is 44.0 Å². The highest BCUT2D eigenvalue weighted by Gasteiger charge is 2.20. The molecule has 1 aliphatic rings. The zero-order valence-electron chi connectivity index (χ0n) is 14.3. The van der Waals surface area contributed by atoms with Gasteiger partial charge < -0.3 is 4.74 Å². The van der Waals surface area contributed by atoms with Gasteiger partial charge in [0.25, 0.3) is 0 Å². The van der Waals surface area contributed by atoms with Crippen molar-refractivity contribution in [2.24, 2.45) is 0 Å². The van der Waals surface area contributed by atoms with Crippen molar-refractivity contribution in [1.82, 2.24) is 4.72 Å². The molecule has 3 rings (SSSR count). The first-order valence-electron chi connectivity index (χ1n) is 8.19. The number of ether oxygens (including phenoxy) is 1. The zero-order chi connectivity index (χ0) is 17.3. The lowest BCUT2D eigenvalue weighted by molar-refractivity contribution is 0.411. The number of benzene rings is 2. The Labute approximate surface area is 143 Å². The van der Waals surface area contributed by atoms with E-state index in [1.54, 1.807) is 25.3 Å². The van der Waals surface area contributed by atoms with Gasteiger partial charge in [-0.25, -0.2) is 13.1 Å². The largest absolute Gasteiger partial charge is 0.496 e. The van der Waals surface area contributed by atoms with E-state index in [-0.39, 0.29) is 10.9 Å². The summed E-state index contributed by atoms with van der Waals surface area (Å²) in [5.74, 6) is 0.681. The first kappa shape index (κ1) is 17.0. The Balaban J connectivity index is 1.82. The number of rotatable bonds is 5. The van der Waals surface area contributed by atoms with Gasteiger partial charge in [0.1, 0.15) is 5.75 Å². The maximum atomic E-state index is 12.6. The van der Waals surface area contributed by atoms with Gasteiger partial charge in [0.15, 0.2) is 0 Å². The van der Waals surface area contributed by atoms with E-state index in [0.717, 1.165) is 24.0 Å². The molecule has 2 aromatic carbocycles. The molecule has 0 aromatic heterocycles. The van der Waals surface area contributed by atoms with Crippen molar-refractivity contribution in [3.05, 3.63) is 58.7 Å². The van der Waals surface area contributed by atoms with E-state index in [9.17, 15) is 8.42 Å². The number of methoxy groups -OCH3 is 1. The quantitative estimate of drug-likeness (QED) is 0.902. The van der Waals surface area contributed by atoms with Gasteiger partial charge in [-0.2, -0.15) is 0 Å². The van der Waals surface area contributed by atoms with E-state index in [1.807, 2.05) is 19.9 Å². The van der Waals surface area contributed by atoms with Crippen LogP contribution in [0.15, 0.2) is 41.3 Å². The fourth-order valence-corrected chi connectivity index (χ4v) is 4.56. The Morgan fingerprint density at radius 1 is 1.08 bits per heavy atom. The van der Waals surface area contributed by atoms with Gasteiger partial charge in [-0.15, -0.1) is 0 Å². The highest BCUT2D eigenvalue weighted by atomic mass is 32.2. The minimum absolute atomic E-state index is 0.258. The summed E-state index contributed by atoms with van der Waals surface area (Å²) >= 11 is 0. The SMILES string of the molecule is COc1ccc(S(=O)(=O)NC(C)c2ccc3c(c2)CCC3)cc1C. The molecule has 5 heteroatoms. The molecule has 0 amide bonds. The lowest BCUT2D eigenvalue weighted by atomic mass is 10.0. The molecular weight excluding hydrogens is 322 g/mol. The predicted molar refractivity (Wildman–Crippen MR) is 94.9 cm³/mol. The Bertz CT molecular complexity index is 859. The van der Waals surface area contributed by atoms with Crippen molar-refractivity contribution in [3.8, 4) is 5.75 Å². The number of sulfonamides is 1. The molecule has 128 valence electrons. The fraction of sp³-hybridized carbons (Fsp3) is 0.368. The first-order valence-corrected chi connectivity index (χ1v) is 9.67. The molecule has 0 heterocycles. The lowest BCUT2D eigenvalue weighted by Gasteiger charge is -2.16. The predicted octanol–water partition coefficient (Wildman–Crippen LogP) is 3.53. The van der Waals surface area contributed by atoms with Crippen LogP contribution in [-0.2, 0) is 22.9 Å². The van der Waals surface area contributed by atoms with Gasteiger partial charge in [-0.05, 0) is 73.6 Å². The summed E-state index contributed by atoms with van der Waals surface area (Å²) in [5, 5.41) is 0. The lowest BCUT2D eigenvalue weighted by Crippen LogP contribution is -2.27. The third kappa shape index (κ3) is 3.32. The van der Waals surface area contributed by atoms with E-state index < -0.39 is 10.0 Å². The van der Waals surface area contributed by atoms with Gasteiger partial charge in [0, 0.05) is 6.04 Å².